The van der Waals surface area contributed by atoms with Crippen molar-refractivity contribution < 1.29 is 13.9 Å². The van der Waals surface area contributed by atoms with E-state index in [1.807, 2.05) is 30.3 Å². The van der Waals surface area contributed by atoms with Gasteiger partial charge in [0.25, 0.3) is 0 Å². The molecule has 0 radical (unpaired) electrons. The van der Waals surface area contributed by atoms with E-state index >= 15 is 0 Å². The molecule has 0 saturated heterocycles. The van der Waals surface area contributed by atoms with Crippen molar-refractivity contribution in [3.05, 3.63) is 77.5 Å². The number of pyridine rings is 1. The number of aliphatic hydroxyl groups excluding tert-OH is 1. The van der Waals surface area contributed by atoms with Crippen LogP contribution < -0.4 is 0 Å². The van der Waals surface area contributed by atoms with Gasteiger partial charge in [0.15, 0.2) is 0 Å². The third-order valence-electron chi connectivity index (χ3n) is 3.39. The maximum absolute atomic E-state index is 13.6. The van der Waals surface area contributed by atoms with E-state index in [-0.39, 0.29) is 12.0 Å². The Hall–Kier alpha value is -2.33. The average Bonchev–Trinajstić information content (AvgIpc) is 2.49. The summed E-state index contributed by atoms with van der Waals surface area (Å²) in [6.45, 7) is 0. The monoisotopic (exact) mass is 285 g/mol. The number of benzene rings is 2. The summed E-state index contributed by atoms with van der Waals surface area (Å²) in [7, 11) is 0. The normalized spacial score (nSPS) is 12.5. The Balaban J connectivity index is 1.87. The van der Waals surface area contributed by atoms with Crippen LogP contribution in [0.1, 0.15) is 17.4 Å². The first-order valence-electron chi connectivity index (χ1n) is 6.61. The van der Waals surface area contributed by atoms with Gasteiger partial charge in [-0.05, 0) is 23.8 Å². The fraction of sp³-hybridized carbons (Fsp3) is 0.118. The number of nitrogens with zero attached hydrogens (tertiary/aromatic N) is 1. The number of hydrogen-bond donors (Lipinski definition) is 1. The molecule has 1 atom stereocenters. The van der Waals surface area contributed by atoms with Gasteiger partial charge in [0.2, 0.25) is 0 Å². The summed E-state index contributed by atoms with van der Waals surface area (Å²) < 4.78 is 26.5. The molecule has 0 amide bonds. The molecule has 21 heavy (non-hydrogen) atoms. The summed E-state index contributed by atoms with van der Waals surface area (Å²) in [5.74, 6) is -1.29. The number of fused-ring (bicyclic) bond motifs is 1. The maximum atomic E-state index is 13.6. The molecular weight excluding hydrogens is 272 g/mol. The molecule has 0 aliphatic rings. The van der Waals surface area contributed by atoms with Gasteiger partial charge in [0, 0.05) is 17.9 Å². The van der Waals surface area contributed by atoms with Crippen LogP contribution in [0.25, 0.3) is 10.9 Å². The van der Waals surface area contributed by atoms with Crippen molar-refractivity contribution in [1.82, 2.24) is 4.98 Å². The zero-order valence-corrected chi connectivity index (χ0v) is 11.1. The molecule has 0 aliphatic heterocycles. The van der Waals surface area contributed by atoms with Crippen LogP contribution in [0.4, 0.5) is 8.78 Å². The molecule has 0 saturated carbocycles. The molecular formula is C17H13F2NO. The molecule has 0 aliphatic carbocycles. The van der Waals surface area contributed by atoms with Gasteiger partial charge in [-0.1, -0.05) is 30.3 Å². The van der Waals surface area contributed by atoms with Crippen LogP contribution in [0, 0.1) is 11.6 Å². The summed E-state index contributed by atoms with van der Waals surface area (Å²) in [5, 5.41) is 11.2. The van der Waals surface area contributed by atoms with Gasteiger partial charge in [-0.3, -0.25) is 4.98 Å². The number of para-hydroxylation sites is 1. The van der Waals surface area contributed by atoms with Crippen LogP contribution in [0.2, 0.25) is 0 Å². The zero-order chi connectivity index (χ0) is 14.8. The Labute approximate surface area is 120 Å². The van der Waals surface area contributed by atoms with Crippen molar-refractivity contribution in [2.24, 2.45) is 0 Å². The van der Waals surface area contributed by atoms with E-state index in [0.29, 0.717) is 5.69 Å². The third kappa shape index (κ3) is 2.90. The predicted molar refractivity (Wildman–Crippen MR) is 76.8 cm³/mol. The highest BCUT2D eigenvalue weighted by Crippen LogP contribution is 2.21. The number of halogens is 2. The van der Waals surface area contributed by atoms with Gasteiger partial charge >= 0.3 is 0 Å². The minimum atomic E-state index is -0.936. The Morgan fingerprint density at radius 2 is 1.81 bits per heavy atom. The van der Waals surface area contributed by atoms with Crippen molar-refractivity contribution in [1.29, 1.82) is 0 Å². The summed E-state index contributed by atoms with van der Waals surface area (Å²) >= 11 is 0. The molecule has 2 nitrogen and oxygen atoms in total. The highest BCUT2D eigenvalue weighted by Gasteiger charge is 2.14. The van der Waals surface area contributed by atoms with Crippen LogP contribution in [0.3, 0.4) is 0 Å². The van der Waals surface area contributed by atoms with Gasteiger partial charge < -0.3 is 5.11 Å². The second kappa shape index (κ2) is 5.58. The molecule has 2 aromatic carbocycles. The van der Waals surface area contributed by atoms with Crippen molar-refractivity contribution >= 4 is 10.9 Å². The highest BCUT2D eigenvalue weighted by molar-refractivity contribution is 5.78. The molecule has 4 heteroatoms. The fourth-order valence-electron chi connectivity index (χ4n) is 2.27. The van der Waals surface area contributed by atoms with E-state index in [2.05, 4.69) is 4.98 Å². The largest absolute Gasteiger partial charge is 0.386 e. The van der Waals surface area contributed by atoms with Crippen molar-refractivity contribution in [3.63, 3.8) is 0 Å². The van der Waals surface area contributed by atoms with Crippen molar-refractivity contribution in [2.75, 3.05) is 0 Å². The number of rotatable bonds is 3. The lowest BCUT2D eigenvalue weighted by Crippen LogP contribution is -2.06. The van der Waals surface area contributed by atoms with Gasteiger partial charge in [-0.25, -0.2) is 8.78 Å². The molecule has 1 unspecified atom stereocenters. The Morgan fingerprint density at radius 3 is 2.62 bits per heavy atom. The first-order valence-corrected chi connectivity index (χ1v) is 6.61. The van der Waals surface area contributed by atoms with E-state index in [9.17, 15) is 13.9 Å². The number of aliphatic hydroxyl groups is 1. The summed E-state index contributed by atoms with van der Waals surface area (Å²) in [5.41, 5.74) is 1.50. The Kier molecular flexibility index (Phi) is 3.62. The zero-order valence-electron chi connectivity index (χ0n) is 11.1. The topological polar surface area (TPSA) is 33.1 Å². The molecule has 3 rings (SSSR count). The lowest BCUT2D eigenvalue weighted by atomic mass is 10.0. The maximum Gasteiger partial charge on any atom is 0.129 e. The molecule has 0 fully saturated rings. The minimum Gasteiger partial charge on any atom is -0.386 e. The van der Waals surface area contributed by atoms with Crippen LogP contribution in [-0.2, 0) is 6.42 Å². The summed E-state index contributed by atoms with van der Waals surface area (Å²) in [6.07, 6.45) is -0.883. The van der Waals surface area contributed by atoms with Crippen molar-refractivity contribution in [2.45, 2.75) is 12.5 Å². The van der Waals surface area contributed by atoms with Crippen molar-refractivity contribution in [3.8, 4) is 0 Å². The second-order valence-corrected chi connectivity index (χ2v) is 4.88. The quantitative estimate of drug-likeness (QED) is 0.794. The van der Waals surface area contributed by atoms with Gasteiger partial charge in [-0.2, -0.15) is 0 Å². The van der Waals surface area contributed by atoms with Gasteiger partial charge in [0.05, 0.1) is 11.2 Å². The lowest BCUT2D eigenvalue weighted by molar-refractivity contribution is 0.172. The van der Waals surface area contributed by atoms with Crippen LogP contribution in [0.5, 0.6) is 0 Å². The van der Waals surface area contributed by atoms with E-state index in [1.165, 1.54) is 12.1 Å². The summed E-state index contributed by atoms with van der Waals surface area (Å²) in [6, 6.07) is 14.5. The van der Waals surface area contributed by atoms with E-state index < -0.39 is 17.7 Å². The summed E-state index contributed by atoms with van der Waals surface area (Å²) in [4.78, 5) is 4.37. The highest BCUT2D eigenvalue weighted by atomic mass is 19.1. The number of hydrogen-bond acceptors (Lipinski definition) is 2. The lowest BCUT2D eigenvalue weighted by Gasteiger charge is -2.11. The minimum absolute atomic E-state index is 0.0530. The van der Waals surface area contributed by atoms with Crippen LogP contribution >= 0.6 is 0 Å². The number of aromatic nitrogens is 1. The fourth-order valence-corrected chi connectivity index (χ4v) is 2.27. The van der Waals surface area contributed by atoms with Crippen LogP contribution in [0.15, 0.2) is 54.6 Å². The molecule has 0 bridgehead atoms. The molecule has 106 valence electrons. The third-order valence-corrected chi connectivity index (χ3v) is 3.39. The second-order valence-electron chi connectivity index (χ2n) is 4.88. The SMILES string of the molecule is OC(Cc1ccc(F)cc1F)c1ccc2ccccc2n1. The van der Waals surface area contributed by atoms with E-state index in [0.717, 1.165) is 17.0 Å². The van der Waals surface area contributed by atoms with Gasteiger partial charge in [-0.15, -0.1) is 0 Å². The standard InChI is InChI=1S/C17H13F2NO/c18-13-7-5-12(14(19)10-13)9-17(21)16-8-6-11-3-1-2-4-15(11)20-16/h1-8,10,17,21H,9H2. The van der Waals surface area contributed by atoms with E-state index in [1.54, 1.807) is 6.07 Å². The molecule has 1 heterocycles. The molecule has 0 spiro atoms. The van der Waals surface area contributed by atoms with E-state index in [4.69, 9.17) is 0 Å². The molecule has 1 N–H and O–H groups in total. The predicted octanol–water partition coefficient (Wildman–Crippen LogP) is 3.79. The first kappa shape index (κ1) is 13.6. The smallest absolute Gasteiger partial charge is 0.129 e. The average molecular weight is 285 g/mol. The Morgan fingerprint density at radius 1 is 1.00 bits per heavy atom. The van der Waals surface area contributed by atoms with Gasteiger partial charge in [0.1, 0.15) is 17.7 Å². The molecule has 1 aromatic heterocycles. The first-order chi connectivity index (χ1) is 10.1. The molecule has 3 aromatic rings. The van der Waals surface area contributed by atoms with Crippen LogP contribution in [-0.4, -0.2) is 10.1 Å². The Bertz CT molecular complexity index is 789.